The van der Waals surface area contributed by atoms with Gasteiger partial charge in [0.05, 0.1) is 0 Å². The maximum atomic E-state index is 4.22. The van der Waals surface area contributed by atoms with Gasteiger partial charge in [0.15, 0.2) is 0 Å². The first-order valence-corrected chi connectivity index (χ1v) is 7.52. The molecule has 100 valence electrons. The van der Waals surface area contributed by atoms with Crippen molar-refractivity contribution in [1.29, 1.82) is 0 Å². The Morgan fingerprint density at radius 2 is 1.90 bits per heavy atom. The smallest absolute Gasteiger partial charge is 0.0494 e. The highest BCUT2D eigenvalue weighted by atomic mass is 15.0. The molecular weight excluding hydrogens is 242 g/mol. The fourth-order valence-corrected chi connectivity index (χ4v) is 3.68. The van der Waals surface area contributed by atoms with E-state index in [-0.39, 0.29) is 0 Å². The number of aromatic nitrogens is 1. The predicted octanol–water partition coefficient (Wildman–Crippen LogP) is 5.16. The summed E-state index contributed by atoms with van der Waals surface area (Å²) >= 11 is 0. The molecule has 1 aromatic heterocycles. The zero-order valence-electron chi connectivity index (χ0n) is 11.9. The highest BCUT2D eigenvalue weighted by molar-refractivity contribution is 6.11. The van der Waals surface area contributed by atoms with Gasteiger partial charge in [-0.1, -0.05) is 37.8 Å². The summed E-state index contributed by atoms with van der Waals surface area (Å²) in [5.74, 6) is 0. The summed E-state index contributed by atoms with van der Waals surface area (Å²) in [6.07, 6.45) is 3.42. The highest BCUT2D eigenvalue weighted by Crippen LogP contribution is 2.40. The summed E-state index contributed by atoms with van der Waals surface area (Å²) in [4.78, 5) is 0. The quantitative estimate of drug-likeness (QED) is 0.600. The van der Waals surface area contributed by atoms with Crippen molar-refractivity contribution in [2.75, 3.05) is 0 Å². The molecule has 1 aliphatic rings. The standard InChI is InChI=1S/C19H19N/c1-3-12-20-17-7-5-4-6-16(17)19-15-9-8-13(2)14(15)10-11-18(19)20/h4-7,10-11H,2-3,8-9,12H2,1H3. The van der Waals surface area contributed by atoms with Crippen LogP contribution in [0.5, 0.6) is 0 Å². The van der Waals surface area contributed by atoms with Gasteiger partial charge < -0.3 is 4.57 Å². The molecule has 0 bridgehead atoms. The van der Waals surface area contributed by atoms with Crippen LogP contribution in [0.15, 0.2) is 43.0 Å². The van der Waals surface area contributed by atoms with Crippen molar-refractivity contribution in [2.45, 2.75) is 32.7 Å². The molecule has 0 unspecified atom stereocenters. The van der Waals surface area contributed by atoms with Gasteiger partial charge in [-0.15, -0.1) is 0 Å². The minimum atomic E-state index is 1.09. The van der Waals surface area contributed by atoms with Crippen LogP contribution in [-0.2, 0) is 13.0 Å². The van der Waals surface area contributed by atoms with E-state index in [4.69, 9.17) is 0 Å². The van der Waals surface area contributed by atoms with Gasteiger partial charge in [0.25, 0.3) is 0 Å². The number of benzene rings is 2. The van der Waals surface area contributed by atoms with E-state index >= 15 is 0 Å². The van der Waals surface area contributed by atoms with Crippen molar-refractivity contribution >= 4 is 27.4 Å². The van der Waals surface area contributed by atoms with Crippen LogP contribution in [0.2, 0.25) is 0 Å². The maximum Gasteiger partial charge on any atom is 0.0494 e. The minimum Gasteiger partial charge on any atom is -0.340 e. The number of allylic oxidation sites excluding steroid dienone is 1. The second kappa shape index (κ2) is 4.24. The molecule has 0 radical (unpaired) electrons. The topological polar surface area (TPSA) is 4.93 Å². The lowest BCUT2D eigenvalue weighted by molar-refractivity contribution is 0.724. The van der Waals surface area contributed by atoms with E-state index in [1.807, 2.05) is 0 Å². The van der Waals surface area contributed by atoms with Gasteiger partial charge >= 0.3 is 0 Å². The third kappa shape index (κ3) is 1.44. The Labute approximate surface area is 119 Å². The molecule has 2 aromatic carbocycles. The van der Waals surface area contributed by atoms with Gasteiger partial charge in [0.1, 0.15) is 0 Å². The van der Waals surface area contributed by atoms with Crippen LogP contribution in [0.3, 0.4) is 0 Å². The van der Waals surface area contributed by atoms with Crippen molar-refractivity contribution in [2.24, 2.45) is 0 Å². The Kier molecular flexibility index (Phi) is 2.50. The molecule has 0 saturated carbocycles. The average Bonchev–Trinajstić information content (AvgIpc) is 3.00. The second-order valence-corrected chi connectivity index (χ2v) is 5.76. The fraction of sp³-hybridized carbons (Fsp3) is 0.263. The largest absolute Gasteiger partial charge is 0.340 e. The van der Waals surface area contributed by atoms with Crippen LogP contribution in [0.25, 0.3) is 27.4 Å². The summed E-state index contributed by atoms with van der Waals surface area (Å²) in [7, 11) is 0. The van der Waals surface area contributed by atoms with E-state index in [2.05, 4.69) is 54.5 Å². The predicted molar refractivity (Wildman–Crippen MR) is 87.1 cm³/mol. The first kappa shape index (κ1) is 11.8. The van der Waals surface area contributed by atoms with Crippen LogP contribution in [0.4, 0.5) is 0 Å². The number of rotatable bonds is 2. The number of aryl methyl sites for hydroxylation is 2. The lowest BCUT2D eigenvalue weighted by Gasteiger charge is -2.06. The molecule has 0 fully saturated rings. The van der Waals surface area contributed by atoms with Gasteiger partial charge in [-0.3, -0.25) is 0 Å². The molecule has 0 amide bonds. The van der Waals surface area contributed by atoms with Crippen LogP contribution in [0, 0.1) is 0 Å². The number of nitrogens with zero attached hydrogens (tertiary/aromatic N) is 1. The molecule has 0 N–H and O–H groups in total. The summed E-state index contributed by atoms with van der Waals surface area (Å²) < 4.78 is 2.48. The summed E-state index contributed by atoms with van der Waals surface area (Å²) in [6.45, 7) is 7.55. The summed E-state index contributed by atoms with van der Waals surface area (Å²) in [5, 5.41) is 2.87. The third-order valence-corrected chi connectivity index (χ3v) is 4.55. The van der Waals surface area contributed by atoms with E-state index < -0.39 is 0 Å². The normalized spacial score (nSPS) is 14.3. The molecule has 1 heteroatoms. The van der Waals surface area contributed by atoms with Crippen molar-refractivity contribution < 1.29 is 0 Å². The van der Waals surface area contributed by atoms with Gasteiger partial charge in [0, 0.05) is 28.4 Å². The monoisotopic (exact) mass is 261 g/mol. The van der Waals surface area contributed by atoms with E-state index in [1.165, 1.54) is 38.5 Å². The molecule has 1 nitrogen and oxygen atoms in total. The van der Waals surface area contributed by atoms with Crippen molar-refractivity contribution in [3.63, 3.8) is 0 Å². The molecule has 4 rings (SSSR count). The molecule has 0 aliphatic heterocycles. The van der Waals surface area contributed by atoms with Crippen LogP contribution in [0.1, 0.15) is 30.9 Å². The first-order chi connectivity index (χ1) is 9.81. The van der Waals surface area contributed by atoms with Crippen molar-refractivity contribution in [3.8, 4) is 0 Å². The molecule has 1 aliphatic carbocycles. The van der Waals surface area contributed by atoms with Crippen LogP contribution < -0.4 is 0 Å². The molecule has 0 saturated heterocycles. The van der Waals surface area contributed by atoms with Gasteiger partial charge in [-0.25, -0.2) is 0 Å². The number of hydrogen-bond acceptors (Lipinski definition) is 0. The third-order valence-electron chi connectivity index (χ3n) is 4.55. The Hall–Kier alpha value is -2.02. The fourth-order valence-electron chi connectivity index (χ4n) is 3.68. The SMILES string of the molecule is C=C1CCc2c1ccc1c2c2ccccc2n1CCC. The zero-order valence-corrected chi connectivity index (χ0v) is 11.9. The van der Waals surface area contributed by atoms with Gasteiger partial charge in [-0.05, 0) is 48.1 Å². The van der Waals surface area contributed by atoms with Crippen molar-refractivity contribution in [3.05, 3.63) is 54.1 Å². The number of fused-ring (bicyclic) bond motifs is 5. The number of para-hydroxylation sites is 1. The van der Waals surface area contributed by atoms with Crippen molar-refractivity contribution in [1.82, 2.24) is 4.57 Å². The average molecular weight is 261 g/mol. The zero-order chi connectivity index (χ0) is 13.7. The van der Waals surface area contributed by atoms with Gasteiger partial charge in [0.2, 0.25) is 0 Å². The second-order valence-electron chi connectivity index (χ2n) is 5.76. The minimum absolute atomic E-state index is 1.09. The summed E-state index contributed by atoms with van der Waals surface area (Å²) in [5.41, 5.74) is 6.96. The highest BCUT2D eigenvalue weighted by Gasteiger charge is 2.21. The first-order valence-electron chi connectivity index (χ1n) is 7.52. The van der Waals surface area contributed by atoms with E-state index in [0.717, 1.165) is 25.8 Å². The Morgan fingerprint density at radius 1 is 1.05 bits per heavy atom. The molecule has 3 aromatic rings. The lowest BCUT2D eigenvalue weighted by Crippen LogP contribution is -1.96. The van der Waals surface area contributed by atoms with Crippen LogP contribution >= 0.6 is 0 Å². The maximum absolute atomic E-state index is 4.22. The molecule has 0 atom stereocenters. The molecule has 0 spiro atoms. The molecule has 20 heavy (non-hydrogen) atoms. The van der Waals surface area contributed by atoms with E-state index in [0.29, 0.717) is 0 Å². The molecular formula is C19H19N. The van der Waals surface area contributed by atoms with Crippen LogP contribution in [-0.4, -0.2) is 4.57 Å². The van der Waals surface area contributed by atoms with E-state index in [9.17, 15) is 0 Å². The number of hydrogen-bond donors (Lipinski definition) is 0. The molecule has 1 heterocycles. The van der Waals surface area contributed by atoms with Gasteiger partial charge in [-0.2, -0.15) is 0 Å². The van der Waals surface area contributed by atoms with E-state index in [1.54, 1.807) is 0 Å². The Bertz CT molecular complexity index is 836. The lowest BCUT2D eigenvalue weighted by atomic mass is 10.0. The Morgan fingerprint density at radius 3 is 2.75 bits per heavy atom. The Balaban J connectivity index is 2.19. The summed E-state index contributed by atoms with van der Waals surface area (Å²) in [6, 6.07) is 13.4.